The third kappa shape index (κ3) is 4.30. The minimum absolute atomic E-state index is 0.0707. The number of thiophene rings is 1. The van der Waals surface area contributed by atoms with Crippen molar-refractivity contribution in [3.05, 3.63) is 62.5 Å². The van der Waals surface area contributed by atoms with Gasteiger partial charge in [-0.3, -0.25) is 14.4 Å². The smallest absolute Gasteiger partial charge is 0.308 e. The lowest BCUT2D eigenvalue weighted by atomic mass is 9.95. The quantitative estimate of drug-likeness (QED) is 0.509. The second-order valence-electron chi connectivity index (χ2n) is 9.03. The van der Waals surface area contributed by atoms with Crippen LogP contribution >= 0.6 is 22.9 Å². The number of aliphatic imine (C=N–C) groups is 1. The number of hydrogen-bond donors (Lipinski definition) is 1. The van der Waals surface area contributed by atoms with E-state index < -0.39 is 6.04 Å². The average molecular weight is 499 g/mol. The summed E-state index contributed by atoms with van der Waals surface area (Å²) in [5.74, 6) is 1.08. The number of aryl methyl sites for hydroxylation is 2. The summed E-state index contributed by atoms with van der Waals surface area (Å²) in [4.78, 5) is 19.3. The number of halogens is 1. The number of ether oxygens (including phenoxy) is 1. The summed E-state index contributed by atoms with van der Waals surface area (Å²) in [5, 5.41) is 20.2. The van der Waals surface area contributed by atoms with E-state index >= 15 is 0 Å². The van der Waals surface area contributed by atoms with Crippen molar-refractivity contribution in [1.29, 1.82) is 0 Å². The molecule has 3 heterocycles. The number of fused-ring (bicyclic) bond motifs is 3. The molecule has 1 fully saturated rings. The number of aliphatic hydroxyl groups is 1. The number of carbonyl (C=O) groups is 1. The highest BCUT2D eigenvalue weighted by Crippen LogP contribution is 2.39. The van der Waals surface area contributed by atoms with Gasteiger partial charge in [-0.15, -0.1) is 21.5 Å². The predicted molar refractivity (Wildman–Crippen MR) is 132 cm³/mol. The Kier molecular flexibility index (Phi) is 6.31. The third-order valence-corrected chi connectivity index (χ3v) is 8.10. The lowest BCUT2D eigenvalue weighted by molar-refractivity contribution is -0.152. The molecule has 1 aliphatic heterocycles. The Morgan fingerprint density at radius 3 is 2.56 bits per heavy atom. The second-order valence-corrected chi connectivity index (χ2v) is 10.7. The van der Waals surface area contributed by atoms with Crippen molar-refractivity contribution in [1.82, 2.24) is 14.8 Å². The number of rotatable bonds is 4. The third-order valence-electron chi connectivity index (χ3n) is 6.66. The second kappa shape index (κ2) is 9.24. The molecular formula is C25H27ClN4O3S. The molecular weight excluding hydrogens is 472 g/mol. The minimum atomic E-state index is -0.534. The van der Waals surface area contributed by atoms with Gasteiger partial charge in [0.2, 0.25) is 0 Å². The molecule has 178 valence electrons. The number of nitrogens with zero attached hydrogens (tertiary/aromatic N) is 4. The van der Waals surface area contributed by atoms with Crippen LogP contribution in [0.25, 0.3) is 5.00 Å². The van der Waals surface area contributed by atoms with Crippen LogP contribution in [0.2, 0.25) is 5.02 Å². The molecule has 7 nitrogen and oxygen atoms in total. The largest absolute Gasteiger partial charge is 0.462 e. The Bertz CT molecular complexity index is 1260. The van der Waals surface area contributed by atoms with Crippen LogP contribution in [0, 0.1) is 20.8 Å². The number of carbonyl (C=O) groups excluding carboxylic acids is 1. The molecule has 2 aliphatic rings. The van der Waals surface area contributed by atoms with E-state index in [-0.39, 0.29) is 24.6 Å². The minimum Gasteiger partial charge on any atom is -0.462 e. The van der Waals surface area contributed by atoms with Gasteiger partial charge in [0, 0.05) is 21.0 Å². The SMILES string of the molecule is Cc1sc2c(c1C)C(c1ccc(Cl)cc1)=NC(CC(=O)OC1CCC(O)CC1)c1nnc(C)n1-2. The fourth-order valence-corrected chi connectivity index (χ4v) is 6.03. The van der Waals surface area contributed by atoms with Gasteiger partial charge in [0.1, 0.15) is 23.0 Å². The fraction of sp³-hybridized carbons (Fsp3) is 0.440. The van der Waals surface area contributed by atoms with Crippen LogP contribution in [0.4, 0.5) is 0 Å². The zero-order valence-electron chi connectivity index (χ0n) is 19.4. The molecule has 34 heavy (non-hydrogen) atoms. The van der Waals surface area contributed by atoms with Crippen LogP contribution in [-0.4, -0.2) is 43.8 Å². The van der Waals surface area contributed by atoms with E-state index in [2.05, 4.69) is 24.0 Å². The first-order chi connectivity index (χ1) is 16.3. The van der Waals surface area contributed by atoms with Crippen molar-refractivity contribution in [2.24, 2.45) is 4.99 Å². The highest BCUT2D eigenvalue weighted by molar-refractivity contribution is 7.15. The maximum Gasteiger partial charge on any atom is 0.308 e. The summed E-state index contributed by atoms with van der Waals surface area (Å²) < 4.78 is 7.80. The van der Waals surface area contributed by atoms with Crippen molar-refractivity contribution in [3.8, 4) is 5.00 Å². The molecule has 9 heteroatoms. The van der Waals surface area contributed by atoms with E-state index in [4.69, 9.17) is 21.3 Å². The van der Waals surface area contributed by atoms with Gasteiger partial charge in [0.15, 0.2) is 5.82 Å². The first-order valence-electron chi connectivity index (χ1n) is 11.6. The molecule has 1 aromatic carbocycles. The average Bonchev–Trinajstić information content (AvgIpc) is 3.28. The highest BCUT2D eigenvalue weighted by Gasteiger charge is 2.33. The molecule has 3 aromatic rings. The Balaban J connectivity index is 1.55. The number of esters is 1. The van der Waals surface area contributed by atoms with Gasteiger partial charge in [0.25, 0.3) is 0 Å². The number of benzene rings is 1. The Morgan fingerprint density at radius 2 is 1.85 bits per heavy atom. The predicted octanol–water partition coefficient (Wildman–Crippen LogP) is 5.04. The summed E-state index contributed by atoms with van der Waals surface area (Å²) in [7, 11) is 0. The van der Waals surface area contributed by atoms with Gasteiger partial charge in [-0.25, -0.2) is 0 Å². The van der Waals surface area contributed by atoms with E-state index in [0.29, 0.717) is 36.5 Å². The first-order valence-corrected chi connectivity index (χ1v) is 12.7. The van der Waals surface area contributed by atoms with Crippen LogP contribution < -0.4 is 0 Å². The molecule has 0 radical (unpaired) electrons. The molecule has 1 unspecified atom stereocenters. The van der Waals surface area contributed by atoms with Crippen molar-refractivity contribution >= 4 is 34.6 Å². The summed E-state index contributed by atoms with van der Waals surface area (Å²) in [6.07, 6.45) is 2.30. The van der Waals surface area contributed by atoms with Crippen molar-refractivity contribution < 1.29 is 14.6 Å². The van der Waals surface area contributed by atoms with Crippen LogP contribution in [0.5, 0.6) is 0 Å². The molecule has 0 bridgehead atoms. The lowest BCUT2D eigenvalue weighted by Crippen LogP contribution is -2.27. The monoisotopic (exact) mass is 498 g/mol. The maximum absolute atomic E-state index is 13.0. The van der Waals surface area contributed by atoms with E-state index in [1.54, 1.807) is 11.3 Å². The van der Waals surface area contributed by atoms with E-state index in [1.807, 2.05) is 35.8 Å². The van der Waals surface area contributed by atoms with Gasteiger partial charge < -0.3 is 9.84 Å². The number of aliphatic hydroxyl groups excluding tert-OH is 1. The van der Waals surface area contributed by atoms with Crippen LogP contribution in [0.1, 0.15) is 71.4 Å². The topological polar surface area (TPSA) is 89.6 Å². The standard InChI is InChI=1S/C25H27ClN4O3S/c1-13-14(2)34-25-22(13)23(16-4-6-17(26)7-5-16)27-20(24-29-28-15(3)30(24)25)12-21(32)33-19-10-8-18(31)9-11-19/h4-7,18-20,31H,8-12H2,1-3H3. The zero-order valence-corrected chi connectivity index (χ0v) is 21.0. The van der Waals surface area contributed by atoms with Gasteiger partial charge in [-0.2, -0.15) is 0 Å². The first kappa shape index (κ1) is 23.2. The summed E-state index contributed by atoms with van der Waals surface area (Å²) in [6, 6.07) is 7.08. The molecule has 1 N–H and O–H groups in total. The van der Waals surface area contributed by atoms with E-state index in [1.165, 1.54) is 4.88 Å². The molecule has 5 rings (SSSR count). The Labute approximate surface area is 207 Å². The molecule has 1 atom stereocenters. The molecule has 0 spiro atoms. The van der Waals surface area contributed by atoms with Crippen molar-refractivity contribution in [3.63, 3.8) is 0 Å². The summed E-state index contributed by atoms with van der Waals surface area (Å²) in [6.45, 7) is 6.12. The van der Waals surface area contributed by atoms with Gasteiger partial charge in [-0.05, 0) is 64.2 Å². The van der Waals surface area contributed by atoms with E-state index in [0.717, 1.165) is 33.2 Å². The van der Waals surface area contributed by atoms with Crippen LogP contribution in [-0.2, 0) is 9.53 Å². The normalized spacial score (nSPS) is 21.9. The van der Waals surface area contributed by atoms with Crippen LogP contribution in [0.15, 0.2) is 29.3 Å². The molecule has 1 saturated carbocycles. The van der Waals surface area contributed by atoms with Crippen molar-refractivity contribution in [2.75, 3.05) is 0 Å². The van der Waals surface area contributed by atoms with Crippen molar-refractivity contribution in [2.45, 2.75) is 71.1 Å². The molecule has 1 aliphatic carbocycles. The zero-order chi connectivity index (χ0) is 24.0. The number of aromatic nitrogens is 3. The van der Waals surface area contributed by atoms with Gasteiger partial charge in [-0.1, -0.05) is 23.7 Å². The molecule has 0 saturated heterocycles. The Morgan fingerprint density at radius 1 is 1.15 bits per heavy atom. The summed E-state index contributed by atoms with van der Waals surface area (Å²) in [5.41, 5.74) is 3.93. The molecule has 2 aromatic heterocycles. The van der Waals surface area contributed by atoms with E-state index in [9.17, 15) is 9.90 Å². The Hall–Kier alpha value is -2.55. The summed E-state index contributed by atoms with van der Waals surface area (Å²) >= 11 is 7.84. The highest BCUT2D eigenvalue weighted by atomic mass is 35.5. The van der Waals surface area contributed by atoms with Gasteiger partial charge in [0.05, 0.1) is 18.2 Å². The van der Waals surface area contributed by atoms with Crippen LogP contribution in [0.3, 0.4) is 0 Å². The molecule has 0 amide bonds. The lowest BCUT2D eigenvalue weighted by Gasteiger charge is -2.25. The number of hydrogen-bond acceptors (Lipinski definition) is 7. The maximum atomic E-state index is 13.0. The fourth-order valence-electron chi connectivity index (χ4n) is 4.69. The van der Waals surface area contributed by atoms with Gasteiger partial charge >= 0.3 is 5.97 Å².